The molecule has 19 nitrogen and oxygen atoms in total. The van der Waals surface area contributed by atoms with Crippen LogP contribution < -0.4 is 19.7 Å². The van der Waals surface area contributed by atoms with Crippen LogP contribution in [0.3, 0.4) is 0 Å². The summed E-state index contributed by atoms with van der Waals surface area (Å²) in [5.41, 5.74) is 0.868. The van der Waals surface area contributed by atoms with E-state index in [1.807, 2.05) is 26.0 Å². The molecule has 1 atom stereocenters. The SMILES string of the molecule is C=CCN(CC=C)C(=O)C(Cl)Cl.CCc1cccc(C)c1N(C(=O)CCl)C(C)COC.CS(=O)(=O)NC(=O)c1cc(Oc2ccc(C(F)(F)F)cc2Cl)ccc1[N+](=O)[O-].O=C(O)CNCP(=O)(O)O. The Bertz CT molecular complexity index is 2400. The van der Waals surface area contributed by atoms with Gasteiger partial charge in [0.2, 0.25) is 15.9 Å². The lowest BCUT2D eigenvalue weighted by atomic mass is 10.0. The Morgan fingerprint density at radius 2 is 1.64 bits per heavy atom. The minimum absolute atomic E-state index is 0.0223. The summed E-state index contributed by atoms with van der Waals surface area (Å²) < 4.78 is 82.5. The molecule has 0 aromatic heterocycles. The number of para-hydroxylation sites is 1. The lowest BCUT2D eigenvalue weighted by molar-refractivity contribution is -0.385. The van der Waals surface area contributed by atoms with E-state index in [1.54, 1.807) is 28.9 Å². The predicted octanol–water partition coefficient (Wildman–Crippen LogP) is 7.70. The van der Waals surface area contributed by atoms with Crippen molar-refractivity contribution >= 4 is 99.1 Å². The molecule has 0 spiro atoms. The van der Waals surface area contributed by atoms with Gasteiger partial charge in [-0.15, -0.1) is 24.8 Å². The molecule has 1 unspecified atom stereocenters. The summed E-state index contributed by atoms with van der Waals surface area (Å²) in [5, 5.41) is 20.7. The van der Waals surface area contributed by atoms with Crippen LogP contribution in [0.25, 0.3) is 0 Å². The Morgan fingerprint density at radius 1 is 1.04 bits per heavy atom. The van der Waals surface area contributed by atoms with E-state index in [9.17, 15) is 55.4 Å². The van der Waals surface area contributed by atoms with E-state index in [1.165, 1.54) is 4.90 Å². The van der Waals surface area contributed by atoms with Gasteiger partial charge in [-0.1, -0.05) is 72.1 Å². The normalized spacial score (nSPS) is 11.5. The molecule has 0 bridgehead atoms. The van der Waals surface area contributed by atoms with Crippen LogP contribution in [0.1, 0.15) is 40.9 Å². The van der Waals surface area contributed by atoms with Gasteiger partial charge in [0.1, 0.15) is 22.9 Å². The zero-order valence-corrected chi connectivity index (χ0v) is 42.3. The minimum Gasteiger partial charge on any atom is -0.480 e. The summed E-state index contributed by atoms with van der Waals surface area (Å²) in [6, 6.07) is 11.1. The first kappa shape index (κ1) is 64.2. The van der Waals surface area contributed by atoms with Crippen LogP contribution in [0.5, 0.6) is 11.5 Å². The van der Waals surface area contributed by atoms with Crippen LogP contribution in [0, 0.1) is 17.0 Å². The van der Waals surface area contributed by atoms with Crippen LogP contribution in [-0.2, 0) is 46.3 Å². The third-order valence-corrected chi connectivity index (χ3v) is 10.2. The molecule has 69 heavy (non-hydrogen) atoms. The molecular formula is C41H51Cl4F3N5O14PS. The topological polar surface area (TPSA) is 272 Å². The van der Waals surface area contributed by atoms with Crippen LogP contribution in [-0.4, -0.2) is 119 Å². The van der Waals surface area contributed by atoms with Crippen molar-refractivity contribution in [1.29, 1.82) is 0 Å². The number of sulfonamides is 1. The summed E-state index contributed by atoms with van der Waals surface area (Å²) in [4.78, 5) is 73.9. The average molecular weight is 1100 g/mol. The minimum atomic E-state index is -4.62. The van der Waals surface area contributed by atoms with Gasteiger partial charge in [-0.25, -0.2) is 13.1 Å². The summed E-state index contributed by atoms with van der Waals surface area (Å²) >= 11 is 22.3. The Hall–Kier alpha value is -4.81. The molecule has 0 fully saturated rings. The number of nitro benzene ring substituents is 1. The fraction of sp³-hybridized carbons (Fsp3) is 0.366. The van der Waals surface area contributed by atoms with Crippen molar-refractivity contribution in [2.24, 2.45) is 0 Å². The van der Waals surface area contributed by atoms with E-state index in [0.29, 0.717) is 38.1 Å². The number of carboxylic acids is 1. The van der Waals surface area contributed by atoms with Gasteiger partial charge in [0.05, 0.1) is 52.9 Å². The molecule has 0 saturated carbocycles. The number of nitrogens with zero attached hydrogens (tertiary/aromatic N) is 3. The maximum Gasteiger partial charge on any atom is 0.416 e. The van der Waals surface area contributed by atoms with Crippen LogP contribution in [0.2, 0.25) is 5.02 Å². The van der Waals surface area contributed by atoms with Crippen molar-refractivity contribution in [3.63, 3.8) is 0 Å². The van der Waals surface area contributed by atoms with Crippen LogP contribution in [0.4, 0.5) is 24.5 Å². The van der Waals surface area contributed by atoms with E-state index in [2.05, 4.69) is 31.5 Å². The molecule has 0 aliphatic rings. The molecule has 0 saturated heterocycles. The number of aliphatic carboxylic acids is 1. The molecular weight excluding hydrogens is 1050 g/mol. The number of hydrogen-bond donors (Lipinski definition) is 5. The van der Waals surface area contributed by atoms with E-state index < -0.39 is 80.1 Å². The first-order valence-electron chi connectivity index (χ1n) is 19.5. The quantitative estimate of drug-likeness (QED) is 0.0238. The number of benzene rings is 3. The number of hydrogen-bond acceptors (Lipinski definition) is 12. The molecule has 384 valence electrons. The predicted molar refractivity (Wildman–Crippen MR) is 257 cm³/mol. The number of aryl methyl sites for hydroxylation is 2. The van der Waals surface area contributed by atoms with Crippen molar-refractivity contribution in [2.45, 2.75) is 44.2 Å². The number of nitro groups is 1. The highest BCUT2D eigenvalue weighted by atomic mass is 35.5. The van der Waals surface area contributed by atoms with Crippen LogP contribution in [0.15, 0.2) is 79.9 Å². The van der Waals surface area contributed by atoms with Crippen molar-refractivity contribution < 1.29 is 74.6 Å². The Kier molecular flexibility index (Phi) is 28.6. The Morgan fingerprint density at radius 3 is 2.07 bits per heavy atom. The van der Waals surface area contributed by atoms with Gasteiger partial charge in [-0.05, 0) is 55.7 Å². The van der Waals surface area contributed by atoms with E-state index >= 15 is 0 Å². The average Bonchev–Trinajstić information content (AvgIpc) is 3.23. The molecule has 3 aromatic carbocycles. The van der Waals surface area contributed by atoms with Gasteiger partial charge in [0.15, 0.2) is 4.84 Å². The molecule has 0 radical (unpaired) electrons. The number of anilines is 1. The fourth-order valence-electron chi connectivity index (χ4n) is 5.36. The molecule has 0 aliphatic heterocycles. The first-order chi connectivity index (χ1) is 31.9. The Balaban J connectivity index is 0.000000974. The second-order valence-corrected chi connectivity index (χ2v) is 19.0. The molecule has 3 amide bonds. The fourth-order valence-corrected chi connectivity index (χ4v) is 6.84. The lowest BCUT2D eigenvalue weighted by Gasteiger charge is -2.31. The van der Waals surface area contributed by atoms with Gasteiger partial charge in [0.25, 0.3) is 17.5 Å². The smallest absolute Gasteiger partial charge is 0.416 e. The van der Waals surface area contributed by atoms with Crippen LogP contribution >= 0.6 is 54.0 Å². The summed E-state index contributed by atoms with van der Waals surface area (Å²) in [6.07, 6.45) is -0.442. The molecule has 28 heteroatoms. The third-order valence-electron chi connectivity index (χ3n) is 8.14. The molecule has 5 N–H and O–H groups in total. The highest BCUT2D eigenvalue weighted by Gasteiger charge is 2.31. The molecule has 3 aromatic rings. The van der Waals surface area contributed by atoms with Crippen molar-refractivity contribution in [3.05, 3.63) is 117 Å². The first-order valence-corrected chi connectivity index (χ1v) is 24.9. The number of alkyl halides is 6. The number of carbonyl (C=O) groups is 4. The van der Waals surface area contributed by atoms with Gasteiger partial charge < -0.3 is 34.2 Å². The maximum absolute atomic E-state index is 12.7. The van der Waals surface area contributed by atoms with E-state index in [0.717, 1.165) is 47.5 Å². The second kappa shape index (κ2) is 30.7. The van der Waals surface area contributed by atoms with Crippen molar-refractivity contribution in [2.75, 3.05) is 56.7 Å². The Labute approximate surface area is 416 Å². The number of methoxy groups -OCH3 is 1. The number of amides is 3. The van der Waals surface area contributed by atoms with Gasteiger partial charge in [0, 0.05) is 32.3 Å². The zero-order valence-electron chi connectivity index (χ0n) is 37.5. The lowest BCUT2D eigenvalue weighted by Crippen LogP contribution is -2.43. The largest absolute Gasteiger partial charge is 0.480 e. The number of ether oxygens (including phenoxy) is 2. The highest BCUT2D eigenvalue weighted by molar-refractivity contribution is 7.89. The van der Waals surface area contributed by atoms with Crippen molar-refractivity contribution in [1.82, 2.24) is 14.9 Å². The standard InChI is InChI=1S/C15H10ClF3N2O6S.C15H22ClNO2.C8H11Cl2NO.C3H8NO5P/c1-28(25,26)20-14(22)10-7-9(3-4-12(10)21(23)24)27-13-5-2-8(6-11(13)16)15(17,18)19;1-5-13-8-6-7-11(2)15(13)17(14(18)9-16)12(3)10-19-4;1-3-5-11(6-4-2)8(12)7(9)10;5-3(6)1-4-2-10(7,8)9/h2-7H,1H3,(H,20,22);6-8,12H,5,9-10H2,1-4H3;3-4,7H,1-2,5-6H2;4H,1-2H2,(H,5,6)(H2,7,8,9). The number of halogens is 7. The highest BCUT2D eigenvalue weighted by Crippen LogP contribution is 2.37. The molecule has 3 rings (SSSR count). The molecule has 0 aliphatic carbocycles. The zero-order chi connectivity index (χ0) is 53.4. The number of rotatable bonds is 20. The van der Waals surface area contributed by atoms with Gasteiger partial charge >= 0.3 is 19.7 Å². The molecule has 0 heterocycles. The number of nitrogens with one attached hydrogen (secondary N) is 2. The van der Waals surface area contributed by atoms with Crippen molar-refractivity contribution in [3.8, 4) is 11.5 Å². The summed E-state index contributed by atoms with van der Waals surface area (Å²) in [7, 11) is -6.46. The third kappa shape index (κ3) is 24.5. The van der Waals surface area contributed by atoms with E-state index in [-0.39, 0.29) is 35.2 Å². The summed E-state index contributed by atoms with van der Waals surface area (Å²) in [5.74, 6) is -3.25. The van der Waals surface area contributed by atoms with E-state index in [4.69, 9.17) is 70.8 Å². The monoisotopic (exact) mass is 1100 g/mol. The van der Waals surface area contributed by atoms with Gasteiger partial charge in [-0.3, -0.25) is 39.2 Å². The number of carboxylic acid groups (broad SMARTS) is 1. The summed E-state index contributed by atoms with van der Waals surface area (Å²) in [6.45, 7) is 14.0. The second-order valence-electron chi connectivity index (χ2n) is 13.8. The van der Waals surface area contributed by atoms with Gasteiger partial charge in [-0.2, -0.15) is 13.2 Å². The maximum atomic E-state index is 12.7. The number of carbonyl (C=O) groups excluding carboxylic acids is 3.